The molecular formula is C18H18N3O8P. The third kappa shape index (κ3) is 2.60. The zero-order valence-electron chi connectivity index (χ0n) is 15.9. The van der Waals surface area contributed by atoms with Crippen molar-refractivity contribution in [1.82, 2.24) is 4.90 Å². The van der Waals surface area contributed by atoms with Gasteiger partial charge in [-0.2, -0.15) is 10.5 Å². The second-order valence-corrected chi connectivity index (χ2v) is 9.21. The molecule has 3 rings (SSSR count). The fourth-order valence-corrected chi connectivity index (χ4v) is 4.78. The highest BCUT2D eigenvalue weighted by molar-refractivity contribution is 7.51. The number of nitrogens with zero attached hydrogens (tertiary/aromatic N) is 3. The lowest BCUT2D eigenvalue weighted by Crippen LogP contribution is -2.57. The summed E-state index contributed by atoms with van der Waals surface area (Å²) in [6.07, 6.45) is 0.683. The van der Waals surface area contributed by atoms with Crippen LogP contribution in [0.3, 0.4) is 0 Å². The van der Waals surface area contributed by atoms with Gasteiger partial charge < -0.3 is 19.3 Å². The first-order chi connectivity index (χ1) is 13.9. The van der Waals surface area contributed by atoms with Gasteiger partial charge >= 0.3 is 13.6 Å². The van der Waals surface area contributed by atoms with Gasteiger partial charge in [0.05, 0.1) is 18.3 Å². The Morgan fingerprint density at radius 2 is 2.03 bits per heavy atom. The van der Waals surface area contributed by atoms with E-state index in [0.717, 1.165) is 0 Å². The minimum absolute atomic E-state index is 0.0633. The normalized spacial score (nSPS) is 33.9. The molecule has 158 valence electrons. The number of likely N-dealkylation sites (tertiary alicyclic amines) is 1. The van der Waals surface area contributed by atoms with E-state index in [1.165, 1.54) is 19.1 Å². The number of fused-ring (bicyclic) bond motifs is 5. The molecule has 4 unspecified atom stereocenters. The monoisotopic (exact) mass is 435 g/mol. The molecule has 30 heavy (non-hydrogen) atoms. The van der Waals surface area contributed by atoms with Crippen LogP contribution in [0.5, 0.6) is 0 Å². The van der Waals surface area contributed by atoms with Crippen molar-refractivity contribution in [3.63, 3.8) is 0 Å². The van der Waals surface area contributed by atoms with Gasteiger partial charge in [0.15, 0.2) is 11.0 Å². The molecule has 2 N–H and O–H groups in total. The lowest BCUT2D eigenvalue weighted by atomic mass is 9.56. The Morgan fingerprint density at radius 1 is 1.37 bits per heavy atom. The van der Waals surface area contributed by atoms with Crippen molar-refractivity contribution < 1.29 is 38.2 Å². The molecule has 2 fully saturated rings. The highest BCUT2D eigenvalue weighted by Gasteiger charge is 2.87. The Bertz CT molecular complexity index is 1020. The first-order valence-corrected chi connectivity index (χ1v) is 10.7. The van der Waals surface area contributed by atoms with Crippen LogP contribution in [0.2, 0.25) is 0 Å². The van der Waals surface area contributed by atoms with Gasteiger partial charge in [0.1, 0.15) is 12.7 Å². The van der Waals surface area contributed by atoms with Crippen molar-refractivity contribution >= 4 is 25.4 Å². The van der Waals surface area contributed by atoms with Crippen LogP contribution < -0.4 is 0 Å². The van der Waals surface area contributed by atoms with E-state index in [9.17, 15) is 29.5 Å². The lowest BCUT2D eigenvalue weighted by molar-refractivity contribution is -0.156. The maximum absolute atomic E-state index is 13.3. The third-order valence-corrected chi connectivity index (χ3v) is 6.52. The average Bonchev–Trinajstić information content (AvgIpc) is 3.26. The number of imide groups is 1. The predicted molar refractivity (Wildman–Crippen MR) is 96.9 cm³/mol. The van der Waals surface area contributed by atoms with E-state index in [2.05, 4.69) is 6.58 Å². The van der Waals surface area contributed by atoms with Crippen LogP contribution in [-0.2, 0) is 28.4 Å². The molecule has 0 aromatic heterocycles. The molecule has 3 aliphatic heterocycles. The highest BCUT2D eigenvalue weighted by Crippen LogP contribution is 2.66. The average molecular weight is 435 g/mol. The van der Waals surface area contributed by atoms with Gasteiger partial charge in [-0.1, -0.05) is 12.7 Å². The maximum Gasteiger partial charge on any atom is 0.333 e. The molecule has 0 spiro atoms. The SMILES string of the molecule is C=C(C)C(=O)OCC12C=CC(O1)C1(C#N)C(=O)N(CCCP(=O)(O)O)C(=O)C21C#N. The number of ether oxygens (including phenoxy) is 2. The van der Waals surface area contributed by atoms with Crippen LogP contribution in [0, 0.1) is 33.5 Å². The molecule has 0 saturated carbocycles. The molecule has 0 aromatic rings. The number of carbonyl (C=O) groups excluding carboxylic acids is 3. The summed E-state index contributed by atoms with van der Waals surface area (Å²) < 4.78 is 21.9. The van der Waals surface area contributed by atoms with Gasteiger partial charge in [0, 0.05) is 12.1 Å². The maximum atomic E-state index is 13.3. The number of rotatable bonds is 7. The fraction of sp³-hybridized carbons (Fsp3) is 0.500. The summed E-state index contributed by atoms with van der Waals surface area (Å²) >= 11 is 0. The molecule has 4 atom stereocenters. The molecular weight excluding hydrogens is 417 g/mol. The Morgan fingerprint density at radius 3 is 2.57 bits per heavy atom. The summed E-state index contributed by atoms with van der Waals surface area (Å²) in [6.45, 7) is 3.86. The third-order valence-electron chi connectivity index (χ3n) is 5.62. The second-order valence-electron chi connectivity index (χ2n) is 7.43. The zero-order valence-corrected chi connectivity index (χ0v) is 16.8. The Hall–Kier alpha value is -2.82. The van der Waals surface area contributed by atoms with Crippen LogP contribution in [-0.4, -0.2) is 63.5 Å². The minimum Gasteiger partial charge on any atom is -0.459 e. The van der Waals surface area contributed by atoms with Crippen LogP contribution >= 0.6 is 7.60 Å². The van der Waals surface area contributed by atoms with Gasteiger partial charge in [-0.3, -0.25) is 19.1 Å². The summed E-state index contributed by atoms with van der Waals surface area (Å²) in [5.41, 5.74) is -6.32. The molecule has 3 aliphatic rings. The van der Waals surface area contributed by atoms with Gasteiger partial charge in [0.25, 0.3) is 11.8 Å². The summed E-state index contributed by atoms with van der Waals surface area (Å²) in [5.74, 6) is -2.81. The number of hydrogen-bond acceptors (Lipinski definition) is 8. The number of amides is 2. The van der Waals surface area contributed by atoms with E-state index in [0.29, 0.717) is 4.90 Å². The predicted octanol–water partition coefficient (Wildman–Crippen LogP) is -0.230. The van der Waals surface area contributed by atoms with Crippen molar-refractivity contribution in [3.8, 4) is 12.1 Å². The van der Waals surface area contributed by atoms with Gasteiger partial charge in [-0.05, 0) is 19.4 Å². The summed E-state index contributed by atoms with van der Waals surface area (Å²) in [5, 5.41) is 20.0. The van der Waals surface area contributed by atoms with Crippen molar-refractivity contribution in [2.24, 2.45) is 10.8 Å². The number of nitriles is 2. The van der Waals surface area contributed by atoms with Crippen molar-refractivity contribution in [3.05, 3.63) is 24.3 Å². The summed E-state index contributed by atoms with van der Waals surface area (Å²) in [4.78, 5) is 57.0. The number of esters is 1. The van der Waals surface area contributed by atoms with Crippen LogP contribution in [0.25, 0.3) is 0 Å². The summed E-state index contributed by atoms with van der Waals surface area (Å²) in [6, 6.07) is 3.59. The fourth-order valence-electron chi connectivity index (χ4n) is 4.23. The number of carbonyl (C=O) groups is 3. The first kappa shape index (κ1) is 21.9. The minimum atomic E-state index is -4.37. The Kier molecular flexibility index (Phi) is 5.00. The Labute approximate surface area is 171 Å². The van der Waals surface area contributed by atoms with Gasteiger partial charge in [-0.25, -0.2) is 4.79 Å². The van der Waals surface area contributed by atoms with Crippen LogP contribution in [0.4, 0.5) is 0 Å². The van der Waals surface area contributed by atoms with Gasteiger partial charge in [0.2, 0.25) is 5.41 Å². The quantitative estimate of drug-likeness (QED) is 0.178. The molecule has 3 heterocycles. The van der Waals surface area contributed by atoms with E-state index in [4.69, 9.17) is 19.3 Å². The molecule has 0 radical (unpaired) electrons. The largest absolute Gasteiger partial charge is 0.459 e. The van der Waals surface area contributed by atoms with Crippen molar-refractivity contribution in [1.29, 1.82) is 10.5 Å². The second kappa shape index (κ2) is 6.86. The van der Waals surface area contributed by atoms with E-state index >= 15 is 0 Å². The van der Waals surface area contributed by atoms with Crippen LogP contribution in [0.1, 0.15) is 13.3 Å². The standard InChI is InChI=1S/C18H18N3O8P/c1-11(2)13(22)28-10-16-5-4-12(29-16)17(8-19)14(23)21(6-3-7-30(25,26)27)15(24)18(16,17)9-20/h4-5,12H,1,3,6-7,10H2,2H3,(H2,25,26,27). The molecule has 2 amide bonds. The molecule has 2 bridgehead atoms. The van der Waals surface area contributed by atoms with E-state index in [-0.39, 0.29) is 18.5 Å². The molecule has 11 nitrogen and oxygen atoms in total. The number of hydrogen-bond donors (Lipinski definition) is 2. The topological polar surface area (TPSA) is 178 Å². The van der Waals surface area contributed by atoms with Crippen molar-refractivity contribution in [2.45, 2.75) is 25.0 Å². The van der Waals surface area contributed by atoms with E-state index in [1.807, 2.05) is 0 Å². The van der Waals surface area contributed by atoms with E-state index < -0.39 is 60.7 Å². The summed E-state index contributed by atoms with van der Waals surface area (Å²) in [7, 11) is -4.37. The Balaban J connectivity index is 2.02. The van der Waals surface area contributed by atoms with Gasteiger partial charge in [-0.15, -0.1) is 0 Å². The molecule has 0 aromatic carbocycles. The van der Waals surface area contributed by atoms with Crippen molar-refractivity contribution in [2.75, 3.05) is 19.3 Å². The molecule has 0 aliphatic carbocycles. The van der Waals surface area contributed by atoms with Crippen LogP contribution in [0.15, 0.2) is 24.3 Å². The highest BCUT2D eigenvalue weighted by atomic mass is 31.2. The smallest absolute Gasteiger partial charge is 0.333 e. The lowest BCUT2D eigenvalue weighted by Gasteiger charge is -2.36. The molecule has 2 saturated heterocycles. The zero-order chi connectivity index (χ0) is 22.5. The molecule has 12 heteroatoms. The van der Waals surface area contributed by atoms with E-state index in [1.54, 1.807) is 12.1 Å². The first-order valence-electron chi connectivity index (χ1n) is 8.86.